The van der Waals surface area contributed by atoms with Gasteiger partial charge in [-0.1, -0.05) is 233 Å². The maximum absolute atomic E-state index is 12.7. The second kappa shape index (κ2) is 43.5. The van der Waals surface area contributed by atoms with Crippen molar-refractivity contribution >= 4 is 17.9 Å². The molecule has 55 heavy (non-hydrogen) atoms. The molecule has 0 aliphatic heterocycles. The fourth-order valence-corrected chi connectivity index (χ4v) is 7.30. The fourth-order valence-electron chi connectivity index (χ4n) is 7.30. The van der Waals surface area contributed by atoms with Crippen molar-refractivity contribution < 1.29 is 28.6 Å². The second-order valence-corrected chi connectivity index (χ2v) is 17.0. The zero-order valence-electron chi connectivity index (χ0n) is 37.4. The van der Waals surface area contributed by atoms with Crippen LogP contribution in [0.4, 0.5) is 0 Å². The highest BCUT2D eigenvalue weighted by molar-refractivity contribution is 5.71. The molecule has 0 rings (SSSR count). The van der Waals surface area contributed by atoms with Crippen molar-refractivity contribution in [2.75, 3.05) is 13.2 Å². The second-order valence-electron chi connectivity index (χ2n) is 17.0. The minimum Gasteiger partial charge on any atom is -0.462 e. The Labute approximate surface area is 342 Å². The summed E-state index contributed by atoms with van der Waals surface area (Å²) in [6.07, 6.45) is 43.7. The largest absolute Gasteiger partial charge is 0.462 e. The molecule has 0 N–H and O–H groups in total. The van der Waals surface area contributed by atoms with Crippen LogP contribution in [0.5, 0.6) is 0 Å². The van der Waals surface area contributed by atoms with Crippen LogP contribution in [0.25, 0.3) is 0 Å². The molecular formula is C49H94O6. The maximum Gasteiger partial charge on any atom is 0.306 e. The Morgan fingerprint density at radius 3 is 0.945 bits per heavy atom. The van der Waals surface area contributed by atoms with Crippen LogP contribution in [0.15, 0.2) is 0 Å². The van der Waals surface area contributed by atoms with Crippen molar-refractivity contribution in [1.82, 2.24) is 0 Å². The molecule has 1 unspecified atom stereocenters. The molecule has 0 aromatic rings. The van der Waals surface area contributed by atoms with Gasteiger partial charge in [-0.3, -0.25) is 14.4 Å². The number of carbonyl (C=O) groups is 3. The highest BCUT2D eigenvalue weighted by Gasteiger charge is 2.19. The van der Waals surface area contributed by atoms with Crippen LogP contribution in [0.1, 0.15) is 272 Å². The summed E-state index contributed by atoms with van der Waals surface area (Å²) in [7, 11) is 0. The van der Waals surface area contributed by atoms with E-state index in [2.05, 4.69) is 27.7 Å². The van der Waals surface area contributed by atoms with Crippen molar-refractivity contribution in [2.24, 2.45) is 5.92 Å². The van der Waals surface area contributed by atoms with Crippen molar-refractivity contribution in [2.45, 2.75) is 278 Å². The zero-order chi connectivity index (χ0) is 40.3. The molecule has 0 spiro atoms. The summed E-state index contributed by atoms with van der Waals surface area (Å²) in [5, 5.41) is 0. The van der Waals surface area contributed by atoms with Crippen molar-refractivity contribution in [3.63, 3.8) is 0 Å². The lowest BCUT2D eigenvalue weighted by atomic mass is 10.00. The van der Waals surface area contributed by atoms with Crippen molar-refractivity contribution in [3.8, 4) is 0 Å². The summed E-state index contributed by atoms with van der Waals surface area (Å²) in [5.41, 5.74) is 0. The van der Waals surface area contributed by atoms with Crippen LogP contribution >= 0.6 is 0 Å². The number of rotatable bonds is 44. The summed E-state index contributed by atoms with van der Waals surface area (Å²) < 4.78 is 16.7. The normalized spacial score (nSPS) is 12.4. The summed E-state index contributed by atoms with van der Waals surface area (Å²) in [4.78, 5) is 37.8. The van der Waals surface area contributed by atoms with E-state index in [1.165, 1.54) is 167 Å². The molecule has 0 amide bonds. The van der Waals surface area contributed by atoms with E-state index in [1.807, 2.05) is 0 Å². The minimum absolute atomic E-state index is 0.0639. The van der Waals surface area contributed by atoms with Gasteiger partial charge in [-0.05, 0) is 25.2 Å². The van der Waals surface area contributed by atoms with Gasteiger partial charge < -0.3 is 14.2 Å². The van der Waals surface area contributed by atoms with Crippen molar-refractivity contribution in [3.05, 3.63) is 0 Å². The highest BCUT2D eigenvalue weighted by atomic mass is 16.6. The Morgan fingerprint density at radius 1 is 0.364 bits per heavy atom. The van der Waals surface area contributed by atoms with Crippen LogP contribution in [-0.2, 0) is 28.6 Å². The molecule has 326 valence electrons. The predicted molar refractivity (Wildman–Crippen MR) is 233 cm³/mol. The average molecular weight is 779 g/mol. The van der Waals surface area contributed by atoms with E-state index in [4.69, 9.17) is 14.2 Å². The van der Waals surface area contributed by atoms with E-state index in [1.54, 1.807) is 0 Å². The van der Waals surface area contributed by atoms with Crippen LogP contribution in [0, 0.1) is 5.92 Å². The van der Waals surface area contributed by atoms with Gasteiger partial charge in [0.05, 0.1) is 0 Å². The van der Waals surface area contributed by atoms with Crippen LogP contribution in [-0.4, -0.2) is 37.2 Å². The molecule has 0 aliphatic rings. The Morgan fingerprint density at radius 2 is 0.636 bits per heavy atom. The molecule has 0 saturated heterocycles. The van der Waals surface area contributed by atoms with Gasteiger partial charge in [-0.15, -0.1) is 0 Å². The number of esters is 3. The predicted octanol–water partition coefficient (Wildman–Crippen LogP) is 15.5. The monoisotopic (exact) mass is 779 g/mol. The Kier molecular flexibility index (Phi) is 42.3. The molecule has 0 aromatic heterocycles. The summed E-state index contributed by atoms with van der Waals surface area (Å²) >= 11 is 0. The van der Waals surface area contributed by atoms with Crippen molar-refractivity contribution in [1.29, 1.82) is 0 Å². The first-order valence-electron chi connectivity index (χ1n) is 24.4. The Hall–Kier alpha value is -1.59. The summed E-state index contributed by atoms with van der Waals surface area (Å²) in [6.45, 7) is 8.98. The van der Waals surface area contributed by atoms with Crippen LogP contribution < -0.4 is 0 Å². The molecule has 0 radical (unpaired) electrons. The van der Waals surface area contributed by atoms with Gasteiger partial charge in [0.2, 0.25) is 0 Å². The van der Waals surface area contributed by atoms with E-state index in [0.717, 1.165) is 63.7 Å². The first-order valence-corrected chi connectivity index (χ1v) is 24.4. The molecule has 0 fully saturated rings. The molecule has 0 bridgehead atoms. The summed E-state index contributed by atoms with van der Waals surface area (Å²) in [6, 6.07) is 0. The number of hydrogen-bond acceptors (Lipinski definition) is 6. The standard InChI is InChI=1S/C49H94O6/c1-5-8-10-12-14-16-18-20-21-22-24-26-28-34-38-42-49(52)55-46(44-54-48(51)41-37-33-30-29-31-35-39-45(4)7-3)43-53-47(50)40-36-32-27-25-23-19-17-15-13-11-9-6-2/h45-46H,5-44H2,1-4H3/t45?,46-/m0/s1. The molecule has 0 saturated carbocycles. The lowest BCUT2D eigenvalue weighted by Gasteiger charge is -2.18. The molecule has 6 nitrogen and oxygen atoms in total. The maximum atomic E-state index is 12.7. The van der Waals surface area contributed by atoms with E-state index in [0.29, 0.717) is 19.3 Å². The van der Waals surface area contributed by atoms with Gasteiger partial charge in [-0.2, -0.15) is 0 Å². The smallest absolute Gasteiger partial charge is 0.306 e. The van der Waals surface area contributed by atoms with Gasteiger partial charge in [0.1, 0.15) is 13.2 Å². The highest BCUT2D eigenvalue weighted by Crippen LogP contribution is 2.17. The lowest BCUT2D eigenvalue weighted by Crippen LogP contribution is -2.30. The molecule has 0 heterocycles. The van der Waals surface area contributed by atoms with E-state index >= 15 is 0 Å². The molecule has 0 aromatic carbocycles. The number of hydrogen-bond donors (Lipinski definition) is 0. The molecule has 6 heteroatoms. The van der Waals surface area contributed by atoms with E-state index < -0.39 is 6.10 Å². The fraction of sp³-hybridized carbons (Fsp3) is 0.939. The SMILES string of the molecule is CCCCCCCCCCCCCCCCCC(=O)O[C@@H](COC(=O)CCCCCCCCCCCCCC)COC(=O)CCCCCCCCC(C)CC. The van der Waals surface area contributed by atoms with E-state index in [9.17, 15) is 14.4 Å². The van der Waals surface area contributed by atoms with Gasteiger partial charge >= 0.3 is 17.9 Å². The lowest BCUT2D eigenvalue weighted by molar-refractivity contribution is -0.167. The number of ether oxygens (including phenoxy) is 3. The van der Waals surface area contributed by atoms with E-state index in [-0.39, 0.29) is 31.1 Å². The quantitative estimate of drug-likeness (QED) is 0.0348. The minimum atomic E-state index is -0.760. The number of unbranched alkanes of at least 4 members (excludes halogenated alkanes) is 30. The Balaban J connectivity index is 4.31. The van der Waals surface area contributed by atoms with Crippen LogP contribution in [0.3, 0.4) is 0 Å². The van der Waals surface area contributed by atoms with Gasteiger partial charge in [0.25, 0.3) is 0 Å². The molecule has 2 atom stereocenters. The van der Waals surface area contributed by atoms with Gasteiger partial charge in [0.15, 0.2) is 6.10 Å². The van der Waals surface area contributed by atoms with Gasteiger partial charge in [0, 0.05) is 19.3 Å². The molecular weight excluding hydrogens is 685 g/mol. The Bertz CT molecular complexity index is 828. The third kappa shape index (κ3) is 41.9. The van der Waals surface area contributed by atoms with Crippen LogP contribution in [0.2, 0.25) is 0 Å². The first-order chi connectivity index (χ1) is 26.9. The summed E-state index contributed by atoms with van der Waals surface area (Å²) in [5.74, 6) is -0.0373. The molecule has 0 aliphatic carbocycles. The third-order valence-electron chi connectivity index (χ3n) is 11.4. The third-order valence-corrected chi connectivity index (χ3v) is 11.4. The average Bonchev–Trinajstić information content (AvgIpc) is 3.18. The first kappa shape index (κ1) is 53.4. The van der Waals surface area contributed by atoms with Gasteiger partial charge in [-0.25, -0.2) is 0 Å². The number of carbonyl (C=O) groups excluding carboxylic acids is 3. The zero-order valence-corrected chi connectivity index (χ0v) is 37.4. The topological polar surface area (TPSA) is 78.9 Å².